The maximum absolute atomic E-state index is 13.0. The summed E-state index contributed by atoms with van der Waals surface area (Å²) in [6.45, 7) is 2.07. The molecule has 8 heteroatoms. The van der Waals surface area contributed by atoms with E-state index < -0.39 is 23.5 Å². The smallest absolute Gasteiger partial charge is 0.418 e. The van der Waals surface area contributed by atoms with Gasteiger partial charge in [0, 0.05) is 14.1 Å². The van der Waals surface area contributed by atoms with Crippen molar-refractivity contribution in [3.05, 3.63) is 17.8 Å². The van der Waals surface area contributed by atoms with Gasteiger partial charge in [-0.25, -0.2) is 9.78 Å². The van der Waals surface area contributed by atoms with E-state index in [9.17, 15) is 18.0 Å². The van der Waals surface area contributed by atoms with E-state index in [-0.39, 0.29) is 12.4 Å². The molecule has 21 heavy (non-hydrogen) atoms. The van der Waals surface area contributed by atoms with Crippen molar-refractivity contribution in [2.75, 3.05) is 30.9 Å². The summed E-state index contributed by atoms with van der Waals surface area (Å²) in [6.07, 6.45) is -3.08. The average molecular weight is 305 g/mol. The molecule has 0 fully saturated rings. The van der Waals surface area contributed by atoms with Crippen LogP contribution in [0.3, 0.4) is 0 Å². The molecule has 0 aliphatic rings. The highest BCUT2D eigenvalue weighted by Gasteiger charge is 2.35. The normalized spacial score (nSPS) is 11.1. The Morgan fingerprint density at radius 3 is 2.62 bits per heavy atom. The minimum atomic E-state index is -4.60. The molecule has 0 aromatic carbocycles. The van der Waals surface area contributed by atoms with E-state index in [1.54, 1.807) is 14.1 Å². The maximum atomic E-state index is 13.0. The van der Waals surface area contributed by atoms with Gasteiger partial charge in [0.15, 0.2) is 0 Å². The molecule has 0 unspecified atom stereocenters. The van der Waals surface area contributed by atoms with Gasteiger partial charge in [-0.05, 0) is 12.5 Å². The van der Waals surface area contributed by atoms with E-state index in [1.807, 2.05) is 6.92 Å². The number of halogens is 3. The summed E-state index contributed by atoms with van der Waals surface area (Å²) in [5, 5.41) is 2.08. The molecule has 1 aromatic heterocycles. The zero-order valence-corrected chi connectivity index (χ0v) is 12.1. The molecule has 5 nitrogen and oxygen atoms in total. The standard InChI is InChI=1S/C13H18F3N3O2/c1-4-5-6-21-12(20)18-10-8-17-11(19(2)3)7-9(10)13(14,15)16/h7-8H,4-6H2,1-3H3,(H,18,20). The molecule has 0 spiro atoms. The van der Waals surface area contributed by atoms with Crippen LogP contribution >= 0.6 is 0 Å². The number of aromatic nitrogens is 1. The highest BCUT2D eigenvalue weighted by molar-refractivity contribution is 5.85. The van der Waals surface area contributed by atoms with Gasteiger partial charge in [-0.15, -0.1) is 0 Å². The molecule has 0 atom stereocenters. The van der Waals surface area contributed by atoms with Crippen LogP contribution in [0.25, 0.3) is 0 Å². The van der Waals surface area contributed by atoms with Crippen LogP contribution in [0.5, 0.6) is 0 Å². The van der Waals surface area contributed by atoms with Gasteiger partial charge < -0.3 is 9.64 Å². The van der Waals surface area contributed by atoms with Crippen molar-refractivity contribution in [1.82, 2.24) is 4.98 Å². The van der Waals surface area contributed by atoms with Gasteiger partial charge in [0.2, 0.25) is 0 Å². The minimum Gasteiger partial charge on any atom is -0.449 e. The molecule has 0 bridgehead atoms. The van der Waals surface area contributed by atoms with E-state index >= 15 is 0 Å². The predicted molar refractivity (Wildman–Crippen MR) is 73.4 cm³/mol. The second-order valence-electron chi connectivity index (χ2n) is 4.59. The molecule has 0 saturated carbocycles. The molecule has 0 aliphatic carbocycles. The molecular weight excluding hydrogens is 287 g/mol. The first-order valence-corrected chi connectivity index (χ1v) is 6.44. The number of hydrogen-bond acceptors (Lipinski definition) is 4. The zero-order valence-electron chi connectivity index (χ0n) is 12.1. The SMILES string of the molecule is CCCCOC(=O)Nc1cnc(N(C)C)cc1C(F)(F)F. The second-order valence-corrected chi connectivity index (χ2v) is 4.59. The van der Waals surface area contributed by atoms with Crippen molar-refractivity contribution < 1.29 is 22.7 Å². The van der Waals surface area contributed by atoms with Crippen LogP contribution < -0.4 is 10.2 Å². The lowest BCUT2D eigenvalue weighted by molar-refractivity contribution is -0.136. The van der Waals surface area contributed by atoms with Gasteiger partial charge in [0.05, 0.1) is 24.1 Å². The highest BCUT2D eigenvalue weighted by Crippen LogP contribution is 2.36. The Morgan fingerprint density at radius 1 is 1.43 bits per heavy atom. The molecular formula is C13H18F3N3O2. The van der Waals surface area contributed by atoms with Crippen molar-refractivity contribution in [3.8, 4) is 0 Å². The van der Waals surface area contributed by atoms with E-state index in [1.165, 1.54) is 4.90 Å². The average Bonchev–Trinajstić information content (AvgIpc) is 2.37. The zero-order chi connectivity index (χ0) is 16.0. The number of anilines is 2. The third kappa shape index (κ3) is 5.13. The van der Waals surface area contributed by atoms with Crippen molar-refractivity contribution in [1.29, 1.82) is 0 Å². The third-order valence-electron chi connectivity index (χ3n) is 2.62. The number of unbranched alkanes of at least 4 members (excludes halogenated alkanes) is 1. The first-order valence-electron chi connectivity index (χ1n) is 6.44. The summed E-state index contributed by atoms with van der Waals surface area (Å²) in [4.78, 5) is 16.7. The lowest BCUT2D eigenvalue weighted by atomic mass is 10.2. The summed E-state index contributed by atoms with van der Waals surface area (Å²) in [5.74, 6) is 0.146. The van der Waals surface area contributed by atoms with Crippen LogP contribution in [0.1, 0.15) is 25.3 Å². The van der Waals surface area contributed by atoms with Gasteiger partial charge in [0.1, 0.15) is 5.82 Å². The van der Waals surface area contributed by atoms with Crippen LogP contribution in [0, 0.1) is 0 Å². The number of nitrogens with zero attached hydrogens (tertiary/aromatic N) is 2. The predicted octanol–water partition coefficient (Wildman–Crippen LogP) is 3.52. The number of pyridine rings is 1. The Bertz CT molecular complexity index is 490. The molecule has 1 amide bonds. The number of rotatable bonds is 5. The molecule has 1 aromatic rings. The largest absolute Gasteiger partial charge is 0.449 e. The van der Waals surface area contributed by atoms with Gasteiger partial charge in [-0.2, -0.15) is 13.2 Å². The lowest BCUT2D eigenvalue weighted by Gasteiger charge is -2.17. The van der Waals surface area contributed by atoms with E-state index in [0.717, 1.165) is 18.7 Å². The summed E-state index contributed by atoms with van der Waals surface area (Å²) in [7, 11) is 3.16. The first-order chi connectivity index (χ1) is 9.75. The maximum Gasteiger partial charge on any atom is 0.418 e. The quantitative estimate of drug-likeness (QED) is 0.846. The number of alkyl halides is 3. The topological polar surface area (TPSA) is 54.5 Å². The molecule has 0 aliphatic heterocycles. The van der Waals surface area contributed by atoms with E-state index in [4.69, 9.17) is 4.74 Å². The van der Waals surface area contributed by atoms with Gasteiger partial charge in [0.25, 0.3) is 0 Å². The Labute approximate surface area is 121 Å². The number of carbonyl (C=O) groups excluding carboxylic acids is 1. The Balaban J connectivity index is 2.93. The van der Waals surface area contributed by atoms with Crippen LogP contribution in [0.15, 0.2) is 12.3 Å². The summed E-state index contributed by atoms with van der Waals surface area (Å²) < 4.78 is 43.8. The Morgan fingerprint density at radius 2 is 2.10 bits per heavy atom. The van der Waals surface area contributed by atoms with Crippen LogP contribution in [-0.2, 0) is 10.9 Å². The summed E-state index contributed by atoms with van der Waals surface area (Å²) in [6, 6.07) is 0.877. The van der Waals surface area contributed by atoms with Crippen molar-refractivity contribution in [2.24, 2.45) is 0 Å². The second kappa shape index (κ2) is 7.14. The summed E-state index contributed by atoms with van der Waals surface area (Å²) >= 11 is 0. The number of amides is 1. The van der Waals surface area contributed by atoms with Crippen molar-refractivity contribution >= 4 is 17.6 Å². The molecule has 0 radical (unpaired) electrons. The minimum absolute atomic E-state index is 0.146. The number of hydrogen-bond donors (Lipinski definition) is 1. The fourth-order valence-electron chi connectivity index (χ4n) is 1.48. The van der Waals surface area contributed by atoms with Crippen molar-refractivity contribution in [2.45, 2.75) is 25.9 Å². The Kier molecular flexibility index (Phi) is 5.80. The Hall–Kier alpha value is -1.99. The monoisotopic (exact) mass is 305 g/mol. The van der Waals surface area contributed by atoms with Crippen LogP contribution in [0.4, 0.5) is 29.5 Å². The lowest BCUT2D eigenvalue weighted by Crippen LogP contribution is -2.20. The molecule has 1 N–H and O–H groups in total. The number of nitrogens with one attached hydrogen (secondary N) is 1. The van der Waals surface area contributed by atoms with E-state index in [2.05, 4.69) is 10.3 Å². The van der Waals surface area contributed by atoms with E-state index in [0.29, 0.717) is 6.42 Å². The molecule has 118 valence electrons. The fraction of sp³-hybridized carbons (Fsp3) is 0.538. The fourth-order valence-corrected chi connectivity index (χ4v) is 1.48. The van der Waals surface area contributed by atoms with Gasteiger partial charge in [-0.1, -0.05) is 13.3 Å². The van der Waals surface area contributed by atoms with Gasteiger partial charge in [-0.3, -0.25) is 5.32 Å². The molecule has 1 rings (SSSR count). The van der Waals surface area contributed by atoms with Gasteiger partial charge >= 0.3 is 12.3 Å². The van der Waals surface area contributed by atoms with Crippen LogP contribution in [-0.4, -0.2) is 31.8 Å². The molecule has 1 heterocycles. The van der Waals surface area contributed by atoms with Crippen molar-refractivity contribution in [3.63, 3.8) is 0 Å². The number of ether oxygens (including phenoxy) is 1. The number of carbonyl (C=O) groups is 1. The molecule has 0 saturated heterocycles. The first kappa shape index (κ1) is 17.1. The van der Waals surface area contributed by atoms with Crippen LogP contribution in [0.2, 0.25) is 0 Å². The summed E-state index contributed by atoms with van der Waals surface area (Å²) in [5.41, 5.74) is -1.39. The highest BCUT2D eigenvalue weighted by atomic mass is 19.4. The third-order valence-corrected chi connectivity index (χ3v) is 2.62.